The number of nitrogens with two attached hydrogens (primary N) is 1. The van der Waals surface area contributed by atoms with Gasteiger partial charge in [0.15, 0.2) is 5.82 Å². The van der Waals surface area contributed by atoms with E-state index >= 15 is 0 Å². The summed E-state index contributed by atoms with van der Waals surface area (Å²) >= 11 is 5.96. The van der Waals surface area contributed by atoms with E-state index in [-0.39, 0.29) is 6.10 Å². The van der Waals surface area contributed by atoms with Crippen LogP contribution >= 0.6 is 11.6 Å². The van der Waals surface area contributed by atoms with Crippen LogP contribution in [-0.4, -0.2) is 33.4 Å². The number of anilines is 1. The number of rotatable bonds is 4. The average molecular weight is 268 g/mol. The molecule has 0 bridgehead atoms. The lowest BCUT2D eigenvalue weighted by Gasteiger charge is -2.11. The van der Waals surface area contributed by atoms with Gasteiger partial charge in [-0.1, -0.05) is 11.6 Å². The minimum Gasteiger partial charge on any atom is -0.398 e. The van der Waals surface area contributed by atoms with Crippen LogP contribution in [0.1, 0.15) is 6.92 Å². The van der Waals surface area contributed by atoms with Crippen LogP contribution in [-0.2, 0) is 11.3 Å². The van der Waals surface area contributed by atoms with Crippen LogP contribution in [0.5, 0.6) is 0 Å². The Morgan fingerprint density at radius 2 is 2.28 bits per heavy atom. The molecule has 0 spiro atoms. The van der Waals surface area contributed by atoms with Gasteiger partial charge in [-0.25, -0.2) is 4.68 Å². The van der Waals surface area contributed by atoms with Crippen molar-refractivity contribution in [2.75, 3.05) is 12.8 Å². The summed E-state index contributed by atoms with van der Waals surface area (Å²) in [6.45, 7) is 2.48. The first-order valence-electron chi connectivity index (χ1n) is 5.46. The summed E-state index contributed by atoms with van der Waals surface area (Å²) < 4.78 is 6.84. The van der Waals surface area contributed by atoms with Crippen molar-refractivity contribution in [3.8, 4) is 11.4 Å². The molecule has 1 atom stereocenters. The molecule has 0 aliphatic heterocycles. The second-order valence-corrected chi connectivity index (χ2v) is 4.40. The van der Waals surface area contributed by atoms with Gasteiger partial charge < -0.3 is 10.5 Å². The quantitative estimate of drug-likeness (QED) is 0.852. The van der Waals surface area contributed by atoms with E-state index in [2.05, 4.69) is 15.5 Å². The monoisotopic (exact) mass is 267 g/mol. The highest BCUT2D eigenvalue weighted by atomic mass is 35.5. The first-order chi connectivity index (χ1) is 8.61. The summed E-state index contributed by atoms with van der Waals surface area (Å²) in [5.74, 6) is 0.582. The molecule has 1 aromatic carbocycles. The molecule has 0 saturated carbocycles. The van der Waals surface area contributed by atoms with Gasteiger partial charge >= 0.3 is 0 Å². The molecule has 1 heterocycles. The number of tetrazole rings is 1. The number of ether oxygens (including phenoxy) is 1. The largest absolute Gasteiger partial charge is 0.398 e. The van der Waals surface area contributed by atoms with Crippen LogP contribution in [0.15, 0.2) is 18.2 Å². The van der Waals surface area contributed by atoms with Crippen LogP contribution in [0.2, 0.25) is 5.02 Å². The topological polar surface area (TPSA) is 78.8 Å². The molecule has 0 aliphatic rings. The summed E-state index contributed by atoms with van der Waals surface area (Å²) in [7, 11) is 1.64. The molecule has 7 heteroatoms. The molecule has 96 valence electrons. The van der Waals surface area contributed by atoms with Gasteiger partial charge in [-0.3, -0.25) is 0 Å². The molecule has 1 aromatic heterocycles. The van der Waals surface area contributed by atoms with Gasteiger partial charge in [0.05, 0.1) is 12.6 Å². The molecule has 0 saturated heterocycles. The normalized spacial score (nSPS) is 12.6. The maximum Gasteiger partial charge on any atom is 0.184 e. The molecule has 2 N–H and O–H groups in total. The maximum absolute atomic E-state index is 5.96. The minimum absolute atomic E-state index is 0.00709. The number of aromatic nitrogens is 4. The second kappa shape index (κ2) is 5.32. The van der Waals surface area contributed by atoms with E-state index in [0.29, 0.717) is 23.1 Å². The molecule has 0 amide bonds. The first kappa shape index (κ1) is 12.8. The van der Waals surface area contributed by atoms with E-state index in [4.69, 9.17) is 22.1 Å². The third-order valence-electron chi connectivity index (χ3n) is 2.62. The SMILES string of the molecule is COC(C)Cn1nnnc1-c1cc(Cl)ccc1N. The van der Waals surface area contributed by atoms with Gasteiger partial charge in [0.1, 0.15) is 0 Å². The number of nitrogens with zero attached hydrogens (tertiary/aromatic N) is 4. The standard InChI is InChI=1S/C11H14ClN5O/c1-7(18-2)6-17-11(14-15-16-17)9-5-8(12)3-4-10(9)13/h3-5,7H,6,13H2,1-2H3. The fourth-order valence-corrected chi connectivity index (χ4v) is 1.73. The Morgan fingerprint density at radius 3 is 3.00 bits per heavy atom. The van der Waals surface area contributed by atoms with Crippen LogP contribution in [0, 0.1) is 0 Å². The predicted molar refractivity (Wildman–Crippen MR) is 69.1 cm³/mol. The first-order valence-corrected chi connectivity index (χ1v) is 5.84. The van der Waals surface area contributed by atoms with Crippen molar-refractivity contribution < 1.29 is 4.74 Å². The fraction of sp³-hybridized carbons (Fsp3) is 0.364. The summed E-state index contributed by atoms with van der Waals surface area (Å²) in [4.78, 5) is 0. The number of nitrogen functional groups attached to an aromatic ring is 1. The molecule has 1 unspecified atom stereocenters. The van der Waals surface area contributed by atoms with Gasteiger partial charge in [-0.05, 0) is 35.5 Å². The average Bonchev–Trinajstić information content (AvgIpc) is 2.80. The van der Waals surface area contributed by atoms with Crippen molar-refractivity contribution in [1.29, 1.82) is 0 Å². The lowest BCUT2D eigenvalue weighted by atomic mass is 10.1. The molecular weight excluding hydrogens is 254 g/mol. The number of methoxy groups -OCH3 is 1. The van der Waals surface area contributed by atoms with Gasteiger partial charge in [-0.15, -0.1) is 5.10 Å². The highest BCUT2D eigenvalue weighted by Crippen LogP contribution is 2.26. The minimum atomic E-state index is 0.00709. The van der Waals surface area contributed by atoms with E-state index in [1.807, 2.05) is 6.92 Å². The maximum atomic E-state index is 5.96. The van der Waals surface area contributed by atoms with Gasteiger partial charge in [0, 0.05) is 23.4 Å². The zero-order chi connectivity index (χ0) is 13.1. The van der Waals surface area contributed by atoms with Gasteiger partial charge in [-0.2, -0.15) is 0 Å². The Balaban J connectivity index is 2.39. The Kier molecular flexibility index (Phi) is 3.78. The number of hydrogen-bond acceptors (Lipinski definition) is 5. The zero-order valence-corrected chi connectivity index (χ0v) is 10.9. The highest BCUT2D eigenvalue weighted by Gasteiger charge is 2.14. The predicted octanol–water partition coefficient (Wildman–Crippen LogP) is 1.61. The molecule has 0 radical (unpaired) electrons. The highest BCUT2D eigenvalue weighted by molar-refractivity contribution is 6.31. The number of halogens is 1. The fourth-order valence-electron chi connectivity index (χ4n) is 1.56. The van der Waals surface area contributed by atoms with Crippen molar-refractivity contribution in [2.45, 2.75) is 19.6 Å². The summed E-state index contributed by atoms with van der Waals surface area (Å²) in [6, 6.07) is 5.21. The van der Waals surface area contributed by atoms with Gasteiger partial charge in [0.25, 0.3) is 0 Å². The van der Waals surface area contributed by atoms with Crippen molar-refractivity contribution in [1.82, 2.24) is 20.2 Å². The Labute approximate surface area is 110 Å². The van der Waals surface area contributed by atoms with Crippen LogP contribution < -0.4 is 5.73 Å². The molecule has 0 aliphatic carbocycles. The van der Waals surface area contributed by atoms with E-state index < -0.39 is 0 Å². The van der Waals surface area contributed by atoms with Crippen molar-refractivity contribution >= 4 is 17.3 Å². The Hall–Kier alpha value is -1.66. The Bertz CT molecular complexity index is 542. The van der Waals surface area contributed by atoms with Crippen LogP contribution in [0.4, 0.5) is 5.69 Å². The summed E-state index contributed by atoms with van der Waals surface area (Å²) in [5.41, 5.74) is 7.22. The van der Waals surface area contributed by atoms with Crippen molar-refractivity contribution in [2.24, 2.45) is 0 Å². The van der Waals surface area contributed by atoms with Crippen LogP contribution in [0.3, 0.4) is 0 Å². The van der Waals surface area contributed by atoms with E-state index in [0.717, 1.165) is 5.56 Å². The molecular formula is C11H14ClN5O. The van der Waals surface area contributed by atoms with Gasteiger partial charge in [0.2, 0.25) is 0 Å². The second-order valence-electron chi connectivity index (χ2n) is 3.96. The molecule has 0 fully saturated rings. The summed E-state index contributed by atoms with van der Waals surface area (Å²) in [6.07, 6.45) is 0.00709. The molecule has 6 nitrogen and oxygen atoms in total. The third-order valence-corrected chi connectivity index (χ3v) is 2.86. The molecule has 18 heavy (non-hydrogen) atoms. The lowest BCUT2D eigenvalue weighted by Crippen LogP contribution is -2.17. The molecule has 2 aromatic rings. The van der Waals surface area contributed by atoms with E-state index in [9.17, 15) is 0 Å². The van der Waals surface area contributed by atoms with E-state index in [1.54, 1.807) is 30.0 Å². The van der Waals surface area contributed by atoms with Crippen LogP contribution in [0.25, 0.3) is 11.4 Å². The summed E-state index contributed by atoms with van der Waals surface area (Å²) in [5, 5.41) is 12.2. The smallest absolute Gasteiger partial charge is 0.184 e. The zero-order valence-electron chi connectivity index (χ0n) is 10.2. The number of hydrogen-bond donors (Lipinski definition) is 1. The Morgan fingerprint density at radius 1 is 1.50 bits per heavy atom. The van der Waals surface area contributed by atoms with Crippen molar-refractivity contribution in [3.05, 3.63) is 23.2 Å². The van der Waals surface area contributed by atoms with E-state index in [1.165, 1.54) is 0 Å². The number of benzene rings is 1. The third kappa shape index (κ3) is 2.60. The molecule has 2 rings (SSSR count). The van der Waals surface area contributed by atoms with Crippen molar-refractivity contribution in [3.63, 3.8) is 0 Å². The lowest BCUT2D eigenvalue weighted by molar-refractivity contribution is 0.0997.